The average Bonchev–Trinajstić information content (AvgIpc) is 2.96. The Morgan fingerprint density at radius 1 is 1.23 bits per heavy atom. The molecule has 0 bridgehead atoms. The molecule has 0 radical (unpaired) electrons. The molecule has 4 atom stereocenters. The van der Waals surface area contributed by atoms with Crippen LogP contribution in [0.15, 0.2) is 12.2 Å². The second kappa shape index (κ2) is 13.0. The number of halogens is 1. The molecule has 0 aromatic rings. The van der Waals surface area contributed by atoms with E-state index in [1.165, 1.54) is 13.5 Å². The molecule has 0 unspecified atom stereocenters. The van der Waals surface area contributed by atoms with Crippen LogP contribution in [0.2, 0.25) is 0 Å². The number of ether oxygens (including phenoxy) is 1. The zero-order valence-corrected chi connectivity index (χ0v) is 19.9. The molecule has 6 heteroatoms. The highest BCUT2D eigenvalue weighted by Gasteiger charge is 2.43. The summed E-state index contributed by atoms with van der Waals surface area (Å²) in [5, 5.41) is 22.3. The summed E-state index contributed by atoms with van der Waals surface area (Å²) in [4.78, 5) is 23.6. The maximum Gasteiger partial charge on any atom is 0.305 e. The van der Waals surface area contributed by atoms with Gasteiger partial charge >= 0.3 is 5.97 Å². The highest BCUT2D eigenvalue weighted by atomic mass is 79.9. The van der Waals surface area contributed by atoms with Crippen molar-refractivity contribution in [1.29, 1.82) is 0 Å². The van der Waals surface area contributed by atoms with Crippen LogP contribution in [0.25, 0.3) is 0 Å². The summed E-state index contributed by atoms with van der Waals surface area (Å²) in [5.74, 6) is -0.391. The maximum absolute atomic E-state index is 12.4. The number of methoxy groups -OCH3 is 1. The Balaban J connectivity index is 1.83. The lowest BCUT2D eigenvalue weighted by atomic mass is 9.62. The van der Waals surface area contributed by atoms with Crippen LogP contribution >= 0.6 is 15.9 Å². The summed E-state index contributed by atoms with van der Waals surface area (Å²) >= 11 is 3.48. The molecule has 2 saturated carbocycles. The Kier molecular flexibility index (Phi) is 11.0. The van der Waals surface area contributed by atoms with Gasteiger partial charge in [0.1, 0.15) is 5.78 Å². The minimum atomic E-state index is -0.643. The summed E-state index contributed by atoms with van der Waals surface area (Å²) in [6.07, 6.45) is 14.2. The number of aliphatic hydroxyl groups excluding tert-OH is 2. The van der Waals surface area contributed by atoms with Crippen molar-refractivity contribution in [2.24, 2.45) is 17.3 Å². The first-order valence-electron chi connectivity index (χ1n) is 11.6. The van der Waals surface area contributed by atoms with Crippen LogP contribution in [0.1, 0.15) is 83.5 Å². The summed E-state index contributed by atoms with van der Waals surface area (Å²) in [6, 6.07) is 0. The number of ketones is 1. The zero-order chi connectivity index (χ0) is 22.0. The molecule has 0 amide bonds. The molecular formula is C24H39BrO5. The van der Waals surface area contributed by atoms with Gasteiger partial charge < -0.3 is 14.9 Å². The van der Waals surface area contributed by atoms with Gasteiger partial charge in [-0.15, -0.1) is 0 Å². The summed E-state index contributed by atoms with van der Waals surface area (Å²) in [6.45, 7) is 0. The van der Waals surface area contributed by atoms with Crippen LogP contribution in [0.5, 0.6) is 0 Å². The number of aliphatic hydroxyl groups is 2. The molecular weight excluding hydrogens is 448 g/mol. The van der Waals surface area contributed by atoms with E-state index >= 15 is 0 Å². The summed E-state index contributed by atoms with van der Waals surface area (Å²) < 4.78 is 4.65. The lowest BCUT2D eigenvalue weighted by Crippen LogP contribution is -2.40. The van der Waals surface area contributed by atoms with Gasteiger partial charge in [-0.25, -0.2) is 0 Å². The molecule has 2 fully saturated rings. The number of hydrogen-bond acceptors (Lipinski definition) is 5. The molecule has 2 rings (SSSR count). The maximum atomic E-state index is 12.4. The van der Waals surface area contributed by atoms with Crippen molar-refractivity contribution >= 4 is 27.7 Å². The number of esters is 1. The molecule has 2 aliphatic rings. The fourth-order valence-electron chi connectivity index (χ4n) is 5.02. The molecule has 0 aromatic carbocycles. The molecule has 2 N–H and O–H groups in total. The van der Waals surface area contributed by atoms with E-state index in [0.717, 1.165) is 69.5 Å². The molecule has 0 saturated heterocycles. The fraction of sp³-hybridized carbons (Fsp3) is 0.833. The summed E-state index contributed by atoms with van der Waals surface area (Å²) in [7, 11) is 1.40. The topological polar surface area (TPSA) is 83.8 Å². The van der Waals surface area contributed by atoms with Crippen LogP contribution in [0.3, 0.4) is 0 Å². The van der Waals surface area contributed by atoms with Crippen LogP contribution in [0, 0.1) is 17.3 Å². The molecule has 0 aliphatic heterocycles. The molecule has 2 aliphatic carbocycles. The van der Waals surface area contributed by atoms with Crippen LogP contribution in [-0.4, -0.2) is 46.6 Å². The lowest BCUT2D eigenvalue weighted by Gasteiger charge is -2.45. The second-order valence-electron chi connectivity index (χ2n) is 9.14. The number of alkyl halides is 1. The number of Topliss-reactive ketones (excluding diaryl/α,β-unsaturated/α-hetero) is 1. The van der Waals surface area contributed by atoms with Crippen molar-refractivity contribution in [3.05, 3.63) is 12.2 Å². The molecule has 172 valence electrons. The predicted octanol–water partition coefficient (Wildman–Crippen LogP) is 4.72. The number of carbonyl (C=O) groups is 2. The normalized spacial score (nSPS) is 26.7. The van der Waals surface area contributed by atoms with E-state index < -0.39 is 12.2 Å². The minimum Gasteiger partial charge on any atom is -0.469 e. The average molecular weight is 487 g/mol. The van der Waals surface area contributed by atoms with E-state index in [9.17, 15) is 19.8 Å². The first kappa shape index (κ1) is 25.5. The highest BCUT2D eigenvalue weighted by Crippen LogP contribution is 2.48. The number of carbonyl (C=O) groups excluding carboxylic acids is 2. The Morgan fingerprint density at radius 3 is 2.60 bits per heavy atom. The molecule has 30 heavy (non-hydrogen) atoms. The standard InChI is InChI=1S/C24H39BrO5/c1-30-23(29)10-5-3-2-4-9-18-19(21(27)17-20(18)26)11-12-22(28)24(14-8-15-24)13-6-7-16-25/h11-12,18-19,21-22,27-28H,2-10,13-17H2,1H3/t18-,19-,21-,22-/m1/s1. The number of rotatable bonds is 14. The number of unbranched alkanes of at least 4 members (excludes halogenated alkanes) is 4. The van der Waals surface area contributed by atoms with Crippen LogP contribution < -0.4 is 0 Å². The van der Waals surface area contributed by atoms with Crippen molar-refractivity contribution in [2.45, 2.75) is 95.7 Å². The van der Waals surface area contributed by atoms with E-state index in [2.05, 4.69) is 20.7 Å². The third-order valence-electron chi connectivity index (χ3n) is 7.16. The van der Waals surface area contributed by atoms with E-state index in [4.69, 9.17) is 0 Å². The Bertz CT molecular complexity index is 572. The first-order valence-corrected chi connectivity index (χ1v) is 12.8. The predicted molar refractivity (Wildman–Crippen MR) is 121 cm³/mol. The van der Waals surface area contributed by atoms with Gasteiger partial charge in [0, 0.05) is 30.0 Å². The third-order valence-corrected chi connectivity index (χ3v) is 7.72. The van der Waals surface area contributed by atoms with Crippen molar-refractivity contribution in [2.75, 3.05) is 12.4 Å². The molecule has 0 heterocycles. The fourth-order valence-corrected chi connectivity index (χ4v) is 5.41. The van der Waals surface area contributed by atoms with Crippen LogP contribution in [0.4, 0.5) is 0 Å². The van der Waals surface area contributed by atoms with E-state index in [0.29, 0.717) is 6.42 Å². The van der Waals surface area contributed by atoms with Crippen molar-refractivity contribution in [3.8, 4) is 0 Å². The van der Waals surface area contributed by atoms with E-state index in [-0.39, 0.29) is 35.4 Å². The van der Waals surface area contributed by atoms with Crippen molar-refractivity contribution in [3.63, 3.8) is 0 Å². The van der Waals surface area contributed by atoms with Crippen molar-refractivity contribution < 1.29 is 24.5 Å². The highest BCUT2D eigenvalue weighted by molar-refractivity contribution is 9.09. The quantitative estimate of drug-likeness (QED) is 0.160. The van der Waals surface area contributed by atoms with Crippen LogP contribution in [-0.2, 0) is 14.3 Å². The van der Waals surface area contributed by atoms with Gasteiger partial charge in [0.15, 0.2) is 0 Å². The molecule has 0 aromatic heterocycles. The van der Waals surface area contributed by atoms with Gasteiger partial charge in [0.25, 0.3) is 0 Å². The lowest BCUT2D eigenvalue weighted by molar-refractivity contribution is -0.140. The smallest absolute Gasteiger partial charge is 0.305 e. The van der Waals surface area contributed by atoms with Gasteiger partial charge in [-0.2, -0.15) is 0 Å². The molecule has 5 nitrogen and oxygen atoms in total. The Labute approximate surface area is 189 Å². The first-order chi connectivity index (χ1) is 14.4. The molecule has 0 spiro atoms. The Morgan fingerprint density at radius 2 is 1.97 bits per heavy atom. The van der Waals surface area contributed by atoms with Gasteiger partial charge in [-0.3, -0.25) is 9.59 Å². The summed E-state index contributed by atoms with van der Waals surface area (Å²) in [5.41, 5.74) is -0.0125. The van der Waals surface area contributed by atoms with Crippen molar-refractivity contribution in [1.82, 2.24) is 0 Å². The third kappa shape index (κ3) is 7.16. The van der Waals surface area contributed by atoms with Gasteiger partial charge in [-0.1, -0.05) is 60.2 Å². The second-order valence-corrected chi connectivity index (χ2v) is 9.94. The van der Waals surface area contributed by atoms with E-state index in [1.54, 1.807) is 0 Å². The SMILES string of the molecule is COC(=O)CCCCCC[C@H]1C(=O)C[C@@H](O)[C@@H]1C=C[C@@H](O)C1(CCCCBr)CCC1. The number of hydrogen-bond donors (Lipinski definition) is 2. The van der Waals surface area contributed by atoms with Gasteiger partial charge in [0.2, 0.25) is 0 Å². The van der Waals surface area contributed by atoms with E-state index in [1.807, 2.05) is 12.2 Å². The largest absolute Gasteiger partial charge is 0.469 e. The monoisotopic (exact) mass is 486 g/mol. The van der Waals surface area contributed by atoms with Gasteiger partial charge in [0.05, 0.1) is 19.3 Å². The Hall–Kier alpha value is -0.720. The zero-order valence-electron chi connectivity index (χ0n) is 18.4. The minimum absolute atomic E-state index is 0.0125. The van der Waals surface area contributed by atoms with Gasteiger partial charge in [-0.05, 0) is 43.9 Å².